The van der Waals surface area contributed by atoms with Gasteiger partial charge in [-0.15, -0.1) is 0 Å². The maximum absolute atomic E-state index is 12.5. The second-order valence-electron chi connectivity index (χ2n) is 7.63. The molecule has 5 rings (SSSR count). The van der Waals surface area contributed by atoms with E-state index in [1.54, 1.807) is 0 Å². The Balaban J connectivity index is 1.36. The maximum Gasteiger partial charge on any atom is 0.255 e. The summed E-state index contributed by atoms with van der Waals surface area (Å²) < 4.78 is 1.93. The monoisotopic (exact) mass is 361 g/mol. The van der Waals surface area contributed by atoms with Crippen molar-refractivity contribution in [2.24, 2.45) is 0 Å². The number of aromatic amines is 1. The van der Waals surface area contributed by atoms with Gasteiger partial charge in [0.05, 0.1) is 22.6 Å². The van der Waals surface area contributed by atoms with Crippen molar-refractivity contribution in [2.75, 3.05) is 6.54 Å². The Morgan fingerprint density at radius 2 is 2.04 bits per heavy atom. The Morgan fingerprint density at radius 3 is 2.81 bits per heavy atom. The quantitative estimate of drug-likeness (QED) is 0.776. The number of nitrogens with zero attached hydrogens (tertiary/aromatic N) is 4. The summed E-state index contributed by atoms with van der Waals surface area (Å²) in [5.41, 5.74) is 5.15. The molecule has 0 atom stereocenters. The lowest BCUT2D eigenvalue weighted by atomic mass is 10.1. The fraction of sp³-hybridized carbons (Fsp3) is 0.381. The molecule has 0 bridgehead atoms. The van der Waals surface area contributed by atoms with E-state index in [9.17, 15) is 4.79 Å². The molecule has 3 aromatic rings. The van der Waals surface area contributed by atoms with Crippen LogP contribution in [0.15, 0.2) is 41.3 Å². The minimum Gasteiger partial charge on any atom is -0.310 e. The van der Waals surface area contributed by atoms with Gasteiger partial charge >= 0.3 is 0 Å². The van der Waals surface area contributed by atoms with E-state index in [1.165, 1.54) is 5.56 Å². The molecule has 2 aromatic heterocycles. The van der Waals surface area contributed by atoms with Crippen LogP contribution in [0.5, 0.6) is 0 Å². The van der Waals surface area contributed by atoms with Crippen LogP contribution < -0.4 is 5.56 Å². The summed E-state index contributed by atoms with van der Waals surface area (Å²) in [6, 6.07) is 10.1. The van der Waals surface area contributed by atoms with Crippen LogP contribution in [0.1, 0.15) is 47.1 Å². The zero-order chi connectivity index (χ0) is 18.4. The minimum atomic E-state index is 0.0447. The first-order chi connectivity index (χ1) is 13.2. The van der Waals surface area contributed by atoms with Crippen molar-refractivity contribution in [3.63, 3.8) is 0 Å². The van der Waals surface area contributed by atoms with Gasteiger partial charge in [-0.3, -0.25) is 9.69 Å². The predicted molar refractivity (Wildman–Crippen MR) is 103 cm³/mol. The molecule has 3 heterocycles. The molecule has 138 valence electrons. The van der Waals surface area contributed by atoms with Gasteiger partial charge in [0.1, 0.15) is 5.82 Å². The van der Waals surface area contributed by atoms with Gasteiger partial charge in [-0.1, -0.05) is 18.2 Å². The summed E-state index contributed by atoms with van der Waals surface area (Å²) in [5.74, 6) is 1.37. The smallest absolute Gasteiger partial charge is 0.255 e. The van der Waals surface area contributed by atoms with Crippen LogP contribution in [0, 0.1) is 6.92 Å². The van der Waals surface area contributed by atoms with Crippen LogP contribution in [0.25, 0.3) is 5.69 Å². The Kier molecular flexibility index (Phi) is 3.93. The molecule has 6 nitrogen and oxygen atoms in total. The molecule has 0 spiro atoms. The number of rotatable bonds is 4. The average molecular weight is 361 g/mol. The average Bonchev–Trinajstić information content (AvgIpc) is 3.47. The number of H-pyrrole nitrogens is 1. The van der Waals surface area contributed by atoms with Crippen LogP contribution in [0.4, 0.5) is 0 Å². The van der Waals surface area contributed by atoms with Gasteiger partial charge in [-0.2, -0.15) is 5.10 Å². The summed E-state index contributed by atoms with van der Waals surface area (Å²) in [4.78, 5) is 22.6. The van der Waals surface area contributed by atoms with Gasteiger partial charge in [-0.25, -0.2) is 9.67 Å². The van der Waals surface area contributed by atoms with Gasteiger partial charge in [-0.05, 0) is 31.9 Å². The second kappa shape index (κ2) is 6.46. The number of hydrogen-bond acceptors (Lipinski definition) is 4. The first kappa shape index (κ1) is 16.4. The second-order valence-corrected chi connectivity index (χ2v) is 7.63. The molecule has 1 aliphatic carbocycles. The molecule has 1 aromatic carbocycles. The van der Waals surface area contributed by atoms with E-state index in [4.69, 9.17) is 4.98 Å². The zero-order valence-corrected chi connectivity index (χ0v) is 15.5. The lowest BCUT2D eigenvalue weighted by Crippen LogP contribution is -2.35. The van der Waals surface area contributed by atoms with Gasteiger partial charge in [0.15, 0.2) is 0 Å². The van der Waals surface area contributed by atoms with Gasteiger partial charge < -0.3 is 4.98 Å². The highest BCUT2D eigenvalue weighted by atomic mass is 16.1. The summed E-state index contributed by atoms with van der Waals surface area (Å²) in [5, 5.41) is 4.66. The fourth-order valence-corrected chi connectivity index (χ4v) is 3.79. The summed E-state index contributed by atoms with van der Waals surface area (Å²) in [6.07, 6.45) is 5.24. The first-order valence-electron chi connectivity index (χ1n) is 9.62. The van der Waals surface area contributed by atoms with E-state index >= 15 is 0 Å². The number of nitrogens with one attached hydrogen (secondary N) is 1. The molecule has 0 amide bonds. The number of benzene rings is 1. The fourth-order valence-electron chi connectivity index (χ4n) is 3.79. The van der Waals surface area contributed by atoms with E-state index in [0.717, 1.165) is 60.8 Å². The Labute approximate surface area is 157 Å². The first-order valence-corrected chi connectivity index (χ1v) is 9.62. The van der Waals surface area contributed by atoms with Gasteiger partial charge in [0.2, 0.25) is 0 Å². The van der Waals surface area contributed by atoms with E-state index in [1.807, 2.05) is 29.8 Å². The standard InChI is InChI=1S/C21H23N5O/c1-14-16(12-26(24-14)17-5-3-2-4-6-17)11-25-10-9-19-18(13-25)21(27)23-20(22-19)15-7-8-15/h2-6,12,15H,7-11,13H2,1H3,(H,22,23,27). The predicted octanol–water partition coefficient (Wildman–Crippen LogP) is 2.70. The number of fused-ring (bicyclic) bond motifs is 1. The SMILES string of the molecule is Cc1nn(-c2ccccc2)cc1CN1CCc2nc(C3CC3)[nH]c(=O)c2C1. The van der Waals surface area contributed by atoms with Crippen LogP contribution in [-0.4, -0.2) is 31.2 Å². The van der Waals surface area contributed by atoms with Crippen LogP contribution >= 0.6 is 0 Å². The molecule has 1 N–H and O–H groups in total. The van der Waals surface area contributed by atoms with Crippen molar-refractivity contribution >= 4 is 0 Å². The molecule has 1 fully saturated rings. The Hall–Kier alpha value is -2.73. The van der Waals surface area contributed by atoms with Gasteiger partial charge in [0, 0.05) is 43.7 Å². The van der Waals surface area contributed by atoms with Crippen LogP contribution in [-0.2, 0) is 19.5 Å². The highest BCUT2D eigenvalue weighted by Crippen LogP contribution is 2.37. The molecular formula is C21H23N5O. The van der Waals surface area contributed by atoms with Crippen molar-refractivity contribution in [1.82, 2.24) is 24.6 Å². The van der Waals surface area contributed by atoms with Crippen LogP contribution in [0.2, 0.25) is 0 Å². The highest BCUT2D eigenvalue weighted by molar-refractivity contribution is 5.32. The number of aromatic nitrogens is 4. The molecule has 2 aliphatic rings. The van der Waals surface area contributed by atoms with Crippen molar-refractivity contribution in [3.8, 4) is 5.69 Å². The summed E-state index contributed by atoms with van der Waals surface area (Å²) in [7, 11) is 0. The molecule has 0 radical (unpaired) electrons. The highest BCUT2D eigenvalue weighted by Gasteiger charge is 2.29. The van der Waals surface area contributed by atoms with Gasteiger partial charge in [0.25, 0.3) is 5.56 Å². The molecule has 0 saturated heterocycles. The summed E-state index contributed by atoms with van der Waals surface area (Å²) >= 11 is 0. The number of para-hydroxylation sites is 1. The largest absolute Gasteiger partial charge is 0.310 e. The lowest BCUT2D eigenvalue weighted by Gasteiger charge is -2.27. The third kappa shape index (κ3) is 3.21. The minimum absolute atomic E-state index is 0.0447. The third-order valence-electron chi connectivity index (χ3n) is 5.55. The van der Waals surface area contributed by atoms with E-state index in [-0.39, 0.29) is 5.56 Å². The molecule has 27 heavy (non-hydrogen) atoms. The molecule has 0 unspecified atom stereocenters. The zero-order valence-electron chi connectivity index (χ0n) is 15.5. The van der Waals surface area contributed by atoms with E-state index < -0.39 is 0 Å². The lowest BCUT2D eigenvalue weighted by molar-refractivity contribution is 0.241. The van der Waals surface area contributed by atoms with Crippen LogP contribution in [0.3, 0.4) is 0 Å². The number of aryl methyl sites for hydroxylation is 1. The van der Waals surface area contributed by atoms with Crippen molar-refractivity contribution in [3.05, 3.63) is 75.2 Å². The molecule has 1 saturated carbocycles. The normalized spacial score (nSPS) is 17.1. The summed E-state index contributed by atoms with van der Waals surface area (Å²) in [6.45, 7) is 4.41. The van der Waals surface area contributed by atoms with Crippen molar-refractivity contribution in [1.29, 1.82) is 0 Å². The topological polar surface area (TPSA) is 66.8 Å². The Bertz CT molecular complexity index is 1030. The maximum atomic E-state index is 12.5. The third-order valence-corrected chi connectivity index (χ3v) is 5.55. The van der Waals surface area contributed by atoms with E-state index in [0.29, 0.717) is 12.5 Å². The van der Waals surface area contributed by atoms with Crippen molar-refractivity contribution in [2.45, 2.75) is 45.2 Å². The van der Waals surface area contributed by atoms with E-state index in [2.05, 4.69) is 33.3 Å². The number of hydrogen-bond donors (Lipinski definition) is 1. The molecular weight excluding hydrogens is 338 g/mol. The van der Waals surface area contributed by atoms with Crippen molar-refractivity contribution < 1.29 is 0 Å². The Morgan fingerprint density at radius 1 is 1.22 bits per heavy atom. The molecule has 1 aliphatic heterocycles. The molecule has 6 heteroatoms.